The van der Waals surface area contributed by atoms with Crippen LogP contribution in [0, 0.1) is 10.1 Å². The number of non-ortho nitro benzene ring substituents is 1. The fourth-order valence-electron chi connectivity index (χ4n) is 1.30. The molecule has 17 heavy (non-hydrogen) atoms. The molecular formula is C10H16N4O3. The molecule has 0 aliphatic carbocycles. The third kappa shape index (κ3) is 3.58. The highest BCUT2D eigenvalue weighted by atomic mass is 16.6. The van der Waals surface area contributed by atoms with Crippen LogP contribution < -0.4 is 16.6 Å². The van der Waals surface area contributed by atoms with E-state index in [9.17, 15) is 10.1 Å². The third-order valence-electron chi connectivity index (χ3n) is 2.17. The van der Waals surface area contributed by atoms with Crippen molar-refractivity contribution in [2.24, 2.45) is 5.84 Å². The molecule has 0 unspecified atom stereocenters. The van der Waals surface area contributed by atoms with E-state index in [4.69, 9.17) is 10.9 Å². The summed E-state index contributed by atoms with van der Waals surface area (Å²) >= 11 is 0. The maximum Gasteiger partial charge on any atom is 0.273 e. The predicted octanol–water partition coefficient (Wildman–Crippen LogP) is 1.06. The largest absolute Gasteiger partial charge is 0.394 e. The number of hydrogen-bond donors (Lipinski definition) is 4. The molecular weight excluding hydrogens is 224 g/mol. The molecule has 7 nitrogen and oxygen atoms in total. The Balaban J connectivity index is 3.07. The van der Waals surface area contributed by atoms with Crippen molar-refractivity contribution in [2.75, 3.05) is 17.3 Å². The predicted molar refractivity (Wildman–Crippen MR) is 65.7 cm³/mol. The summed E-state index contributed by atoms with van der Waals surface area (Å²) in [6.45, 7) is 3.46. The lowest BCUT2D eigenvalue weighted by Crippen LogP contribution is -2.34. The molecule has 1 aromatic rings. The van der Waals surface area contributed by atoms with Crippen molar-refractivity contribution in [3.05, 3.63) is 28.3 Å². The maximum atomic E-state index is 10.7. The van der Waals surface area contributed by atoms with Crippen molar-refractivity contribution in [1.82, 2.24) is 0 Å². The molecule has 5 N–H and O–H groups in total. The van der Waals surface area contributed by atoms with Gasteiger partial charge in [-0.2, -0.15) is 0 Å². The van der Waals surface area contributed by atoms with Crippen molar-refractivity contribution in [1.29, 1.82) is 0 Å². The van der Waals surface area contributed by atoms with Gasteiger partial charge in [-0.1, -0.05) is 0 Å². The first-order chi connectivity index (χ1) is 7.88. The van der Waals surface area contributed by atoms with Gasteiger partial charge in [-0.3, -0.25) is 16.0 Å². The Labute approximate surface area is 98.7 Å². The Kier molecular flexibility index (Phi) is 3.87. The Morgan fingerprint density at radius 3 is 2.47 bits per heavy atom. The van der Waals surface area contributed by atoms with Gasteiger partial charge in [0.15, 0.2) is 0 Å². The molecule has 94 valence electrons. The molecule has 1 rings (SSSR count). The molecule has 0 heterocycles. The van der Waals surface area contributed by atoms with Crippen molar-refractivity contribution in [3.63, 3.8) is 0 Å². The number of rotatable bonds is 5. The van der Waals surface area contributed by atoms with E-state index in [1.807, 2.05) is 0 Å². The quantitative estimate of drug-likeness (QED) is 0.348. The van der Waals surface area contributed by atoms with Gasteiger partial charge in [0.2, 0.25) is 0 Å². The number of nitrogens with two attached hydrogens (primary N) is 1. The van der Waals surface area contributed by atoms with Crippen LogP contribution in [0.1, 0.15) is 13.8 Å². The van der Waals surface area contributed by atoms with Gasteiger partial charge in [-0.05, 0) is 19.9 Å². The van der Waals surface area contributed by atoms with E-state index < -0.39 is 10.5 Å². The van der Waals surface area contributed by atoms with E-state index >= 15 is 0 Å². The molecule has 0 saturated carbocycles. The van der Waals surface area contributed by atoms with Crippen LogP contribution >= 0.6 is 0 Å². The minimum atomic E-state index is -0.568. The number of nitrogen functional groups attached to an aromatic ring is 1. The van der Waals surface area contributed by atoms with E-state index in [0.29, 0.717) is 11.4 Å². The van der Waals surface area contributed by atoms with Crippen molar-refractivity contribution >= 4 is 17.1 Å². The number of hydrazine groups is 1. The lowest BCUT2D eigenvalue weighted by Gasteiger charge is -2.25. The number of aliphatic hydroxyl groups excluding tert-OH is 1. The number of hydrogen-bond acceptors (Lipinski definition) is 6. The van der Waals surface area contributed by atoms with Crippen LogP contribution in [-0.2, 0) is 0 Å². The van der Waals surface area contributed by atoms with Gasteiger partial charge in [0.1, 0.15) is 0 Å². The van der Waals surface area contributed by atoms with Gasteiger partial charge in [-0.25, -0.2) is 0 Å². The van der Waals surface area contributed by atoms with Gasteiger partial charge >= 0.3 is 0 Å². The normalized spacial score (nSPS) is 11.1. The Morgan fingerprint density at radius 2 is 2.00 bits per heavy atom. The molecule has 0 bridgehead atoms. The first kappa shape index (κ1) is 13.2. The Bertz CT molecular complexity index is 420. The SMILES string of the molecule is CC(C)(CO)Nc1cc(NN)cc([N+](=O)[O-])c1. The first-order valence-corrected chi connectivity index (χ1v) is 5.03. The number of aliphatic hydroxyl groups is 1. The number of nitrogens with one attached hydrogen (secondary N) is 2. The topological polar surface area (TPSA) is 113 Å². The van der Waals surface area contributed by atoms with E-state index in [1.165, 1.54) is 12.1 Å². The summed E-state index contributed by atoms with van der Waals surface area (Å²) in [4.78, 5) is 10.2. The maximum absolute atomic E-state index is 10.7. The number of nitro benzene ring substituents is 1. The van der Waals surface area contributed by atoms with Gasteiger partial charge < -0.3 is 15.8 Å². The fourth-order valence-corrected chi connectivity index (χ4v) is 1.30. The molecule has 0 aliphatic rings. The fraction of sp³-hybridized carbons (Fsp3) is 0.400. The first-order valence-electron chi connectivity index (χ1n) is 5.03. The summed E-state index contributed by atoms with van der Waals surface area (Å²) in [5.74, 6) is 5.23. The van der Waals surface area contributed by atoms with Crippen LogP contribution in [0.4, 0.5) is 17.1 Å². The number of nitrogens with zero attached hydrogens (tertiary/aromatic N) is 1. The summed E-state index contributed by atoms with van der Waals surface area (Å²) in [6, 6.07) is 4.35. The standard InChI is InChI=1S/C10H16N4O3/c1-10(2,6-15)12-7-3-8(13-11)5-9(4-7)14(16)17/h3-5,12-13,15H,6,11H2,1-2H3. The molecule has 0 atom stereocenters. The summed E-state index contributed by atoms with van der Waals surface area (Å²) < 4.78 is 0. The zero-order valence-corrected chi connectivity index (χ0v) is 9.73. The highest BCUT2D eigenvalue weighted by Crippen LogP contribution is 2.25. The molecule has 1 aromatic carbocycles. The molecule has 0 aromatic heterocycles. The molecule has 0 spiro atoms. The van der Waals surface area contributed by atoms with E-state index in [2.05, 4.69) is 10.7 Å². The smallest absolute Gasteiger partial charge is 0.273 e. The van der Waals surface area contributed by atoms with Crippen LogP contribution in [0.15, 0.2) is 18.2 Å². The Morgan fingerprint density at radius 1 is 1.41 bits per heavy atom. The molecule has 0 fully saturated rings. The number of benzene rings is 1. The van der Waals surface area contributed by atoms with E-state index in [-0.39, 0.29) is 12.3 Å². The lowest BCUT2D eigenvalue weighted by molar-refractivity contribution is -0.384. The lowest BCUT2D eigenvalue weighted by atomic mass is 10.1. The second-order valence-corrected chi connectivity index (χ2v) is 4.34. The van der Waals surface area contributed by atoms with Crippen LogP contribution in [0.3, 0.4) is 0 Å². The summed E-state index contributed by atoms with van der Waals surface area (Å²) in [7, 11) is 0. The summed E-state index contributed by atoms with van der Waals surface area (Å²) in [5, 5.41) is 22.8. The van der Waals surface area contributed by atoms with Crippen molar-refractivity contribution in [2.45, 2.75) is 19.4 Å². The molecule has 0 radical (unpaired) electrons. The number of anilines is 2. The third-order valence-corrected chi connectivity index (χ3v) is 2.17. The van der Waals surface area contributed by atoms with Gasteiger partial charge in [0, 0.05) is 17.8 Å². The minimum Gasteiger partial charge on any atom is -0.394 e. The van der Waals surface area contributed by atoms with Gasteiger partial charge in [0.25, 0.3) is 5.69 Å². The second kappa shape index (κ2) is 4.98. The highest BCUT2D eigenvalue weighted by Gasteiger charge is 2.18. The zero-order chi connectivity index (χ0) is 13.1. The van der Waals surface area contributed by atoms with Crippen LogP contribution in [0.25, 0.3) is 0 Å². The van der Waals surface area contributed by atoms with Crippen LogP contribution in [0.5, 0.6) is 0 Å². The Hall–Kier alpha value is -1.86. The minimum absolute atomic E-state index is 0.0725. The molecule has 0 saturated heterocycles. The van der Waals surface area contributed by atoms with Crippen LogP contribution in [-0.4, -0.2) is 22.2 Å². The van der Waals surface area contributed by atoms with Gasteiger partial charge in [0.05, 0.1) is 22.8 Å². The molecule has 0 aliphatic heterocycles. The molecule has 0 amide bonds. The monoisotopic (exact) mass is 240 g/mol. The molecule has 7 heteroatoms. The average molecular weight is 240 g/mol. The van der Waals surface area contributed by atoms with E-state index in [1.54, 1.807) is 19.9 Å². The van der Waals surface area contributed by atoms with Crippen LogP contribution in [0.2, 0.25) is 0 Å². The van der Waals surface area contributed by atoms with E-state index in [0.717, 1.165) is 0 Å². The summed E-state index contributed by atoms with van der Waals surface area (Å²) in [5.41, 5.74) is 2.66. The highest BCUT2D eigenvalue weighted by molar-refractivity contribution is 5.63. The van der Waals surface area contributed by atoms with Gasteiger partial charge in [-0.15, -0.1) is 0 Å². The van der Waals surface area contributed by atoms with Crippen molar-refractivity contribution in [3.8, 4) is 0 Å². The van der Waals surface area contributed by atoms with Crippen molar-refractivity contribution < 1.29 is 10.0 Å². The second-order valence-electron chi connectivity index (χ2n) is 4.34. The average Bonchev–Trinajstić information content (AvgIpc) is 2.28. The zero-order valence-electron chi connectivity index (χ0n) is 9.73. The summed E-state index contributed by atoms with van der Waals surface area (Å²) in [6.07, 6.45) is 0. The number of nitro groups is 1.